The number of benzene rings is 1. The molecule has 0 heterocycles. The first-order valence-corrected chi connectivity index (χ1v) is 6.96. The maximum absolute atomic E-state index is 9.64. The van der Waals surface area contributed by atoms with Crippen LogP contribution in [0.3, 0.4) is 0 Å². The number of hydrogen-bond acceptors (Lipinski definition) is 3. The number of phenols is 1. The van der Waals surface area contributed by atoms with Gasteiger partial charge in [0.25, 0.3) is 0 Å². The van der Waals surface area contributed by atoms with Crippen molar-refractivity contribution in [2.45, 2.75) is 45.1 Å². The van der Waals surface area contributed by atoms with Crippen LogP contribution >= 0.6 is 0 Å². The van der Waals surface area contributed by atoms with E-state index in [2.05, 4.69) is 5.32 Å². The molecule has 0 atom stereocenters. The van der Waals surface area contributed by atoms with E-state index >= 15 is 0 Å². The summed E-state index contributed by atoms with van der Waals surface area (Å²) in [7, 11) is 0. The molecule has 1 saturated carbocycles. The van der Waals surface area contributed by atoms with Crippen LogP contribution in [0.15, 0.2) is 18.2 Å². The third-order valence-corrected chi connectivity index (χ3v) is 3.86. The van der Waals surface area contributed by atoms with Crippen molar-refractivity contribution in [2.75, 3.05) is 11.9 Å². The summed E-state index contributed by atoms with van der Waals surface area (Å²) in [5.41, 5.74) is 1.51. The van der Waals surface area contributed by atoms with Gasteiger partial charge in [0.1, 0.15) is 5.75 Å². The number of aliphatic hydroxyl groups excluding tert-OH is 1. The molecule has 0 aliphatic heterocycles. The van der Waals surface area contributed by atoms with Crippen molar-refractivity contribution in [2.24, 2.45) is 5.92 Å². The summed E-state index contributed by atoms with van der Waals surface area (Å²) >= 11 is 0. The number of hydrogen-bond donors (Lipinski definition) is 3. The summed E-state index contributed by atoms with van der Waals surface area (Å²) in [4.78, 5) is 0. The van der Waals surface area contributed by atoms with E-state index in [1.165, 1.54) is 38.5 Å². The zero-order valence-corrected chi connectivity index (χ0v) is 10.9. The fourth-order valence-corrected chi connectivity index (χ4v) is 2.70. The highest BCUT2D eigenvalue weighted by atomic mass is 16.3. The predicted molar refractivity (Wildman–Crippen MR) is 73.7 cm³/mol. The van der Waals surface area contributed by atoms with Crippen LogP contribution in [0.5, 0.6) is 5.75 Å². The number of anilines is 1. The summed E-state index contributed by atoms with van der Waals surface area (Å²) in [6, 6.07) is 5.36. The Morgan fingerprint density at radius 3 is 2.61 bits per heavy atom. The van der Waals surface area contributed by atoms with Crippen LogP contribution in [-0.2, 0) is 6.61 Å². The maximum Gasteiger partial charge on any atom is 0.123 e. The van der Waals surface area contributed by atoms with E-state index in [0.717, 1.165) is 18.2 Å². The molecule has 1 aromatic rings. The Hall–Kier alpha value is -1.22. The minimum absolute atomic E-state index is 0.117. The van der Waals surface area contributed by atoms with E-state index < -0.39 is 0 Å². The molecular formula is C15H23NO2. The summed E-state index contributed by atoms with van der Waals surface area (Å²) in [6.07, 6.45) is 8.13. The van der Waals surface area contributed by atoms with Gasteiger partial charge in [-0.25, -0.2) is 0 Å². The zero-order chi connectivity index (χ0) is 12.8. The fraction of sp³-hybridized carbons (Fsp3) is 0.600. The summed E-state index contributed by atoms with van der Waals surface area (Å²) in [5, 5.41) is 22.0. The van der Waals surface area contributed by atoms with E-state index in [4.69, 9.17) is 5.11 Å². The first kappa shape index (κ1) is 13.2. The molecule has 0 unspecified atom stereocenters. The molecule has 0 amide bonds. The van der Waals surface area contributed by atoms with Crippen LogP contribution in [0, 0.1) is 5.92 Å². The molecular weight excluding hydrogens is 226 g/mol. The quantitative estimate of drug-likeness (QED) is 0.750. The molecule has 3 nitrogen and oxygen atoms in total. The lowest BCUT2D eigenvalue weighted by Gasteiger charge is -2.21. The largest absolute Gasteiger partial charge is 0.508 e. The number of aromatic hydroxyl groups is 1. The van der Waals surface area contributed by atoms with Gasteiger partial charge in [-0.05, 0) is 18.4 Å². The zero-order valence-electron chi connectivity index (χ0n) is 10.9. The second-order valence-electron chi connectivity index (χ2n) is 5.22. The van der Waals surface area contributed by atoms with Gasteiger partial charge < -0.3 is 15.5 Å². The number of aliphatic hydroxyl groups is 1. The van der Waals surface area contributed by atoms with Gasteiger partial charge in [0.05, 0.1) is 6.61 Å². The first-order chi connectivity index (χ1) is 8.79. The monoisotopic (exact) mass is 249 g/mol. The fourth-order valence-electron chi connectivity index (χ4n) is 2.70. The lowest BCUT2D eigenvalue weighted by Crippen LogP contribution is -2.12. The van der Waals surface area contributed by atoms with Gasteiger partial charge in [-0.1, -0.05) is 38.2 Å². The molecule has 0 radical (unpaired) electrons. The van der Waals surface area contributed by atoms with Crippen LogP contribution in [-0.4, -0.2) is 16.8 Å². The average molecular weight is 249 g/mol. The molecule has 3 heteroatoms. The maximum atomic E-state index is 9.64. The molecule has 1 fully saturated rings. The van der Waals surface area contributed by atoms with E-state index in [1.807, 2.05) is 6.07 Å². The minimum atomic E-state index is -0.117. The molecule has 0 saturated heterocycles. The number of rotatable bonds is 5. The van der Waals surface area contributed by atoms with Crippen molar-refractivity contribution in [1.82, 2.24) is 0 Å². The van der Waals surface area contributed by atoms with Gasteiger partial charge in [-0.15, -0.1) is 0 Å². The third-order valence-electron chi connectivity index (χ3n) is 3.86. The normalized spacial score (nSPS) is 16.7. The van der Waals surface area contributed by atoms with Crippen molar-refractivity contribution >= 4 is 5.69 Å². The topological polar surface area (TPSA) is 52.5 Å². The van der Waals surface area contributed by atoms with Crippen molar-refractivity contribution in [3.8, 4) is 5.75 Å². The number of nitrogens with one attached hydrogen (secondary N) is 1. The Morgan fingerprint density at radius 2 is 1.94 bits per heavy atom. The van der Waals surface area contributed by atoms with Crippen LogP contribution < -0.4 is 5.32 Å². The highest BCUT2D eigenvalue weighted by Gasteiger charge is 2.12. The third kappa shape index (κ3) is 3.64. The molecule has 0 spiro atoms. The molecule has 1 aromatic carbocycles. The lowest BCUT2D eigenvalue weighted by molar-refractivity contribution is 0.275. The first-order valence-electron chi connectivity index (χ1n) is 6.96. The Labute approximate surface area is 109 Å². The summed E-state index contributed by atoms with van der Waals surface area (Å²) in [5.74, 6) is 1.04. The van der Waals surface area contributed by atoms with Gasteiger partial charge in [0.2, 0.25) is 0 Å². The van der Waals surface area contributed by atoms with Gasteiger partial charge in [0, 0.05) is 23.9 Å². The van der Waals surface area contributed by atoms with Crippen molar-refractivity contribution < 1.29 is 10.2 Å². The van der Waals surface area contributed by atoms with E-state index in [-0.39, 0.29) is 12.4 Å². The standard InChI is InChI=1S/C15H23NO2/c17-11-13-6-7-14(10-15(13)18)16-9-8-12-4-2-1-3-5-12/h6-7,10,12,16-18H,1-5,8-9,11H2. The summed E-state index contributed by atoms with van der Waals surface area (Å²) in [6.45, 7) is 0.844. The smallest absolute Gasteiger partial charge is 0.123 e. The average Bonchev–Trinajstić information content (AvgIpc) is 2.40. The van der Waals surface area contributed by atoms with Crippen molar-refractivity contribution in [3.63, 3.8) is 0 Å². The van der Waals surface area contributed by atoms with Crippen molar-refractivity contribution in [3.05, 3.63) is 23.8 Å². The molecule has 100 valence electrons. The van der Waals surface area contributed by atoms with Crippen LogP contribution in [0.4, 0.5) is 5.69 Å². The van der Waals surface area contributed by atoms with Crippen LogP contribution in [0.25, 0.3) is 0 Å². The van der Waals surface area contributed by atoms with Gasteiger partial charge in [-0.2, -0.15) is 0 Å². The molecule has 1 aliphatic carbocycles. The van der Waals surface area contributed by atoms with Gasteiger partial charge in [-0.3, -0.25) is 0 Å². The molecule has 18 heavy (non-hydrogen) atoms. The summed E-state index contributed by atoms with van der Waals surface area (Å²) < 4.78 is 0. The van der Waals surface area contributed by atoms with Crippen molar-refractivity contribution in [1.29, 1.82) is 0 Å². The van der Waals surface area contributed by atoms with Crippen LogP contribution in [0.1, 0.15) is 44.1 Å². The molecule has 1 aliphatic rings. The molecule has 3 N–H and O–H groups in total. The Morgan fingerprint density at radius 1 is 1.17 bits per heavy atom. The van der Waals surface area contributed by atoms with Crippen LogP contribution in [0.2, 0.25) is 0 Å². The lowest BCUT2D eigenvalue weighted by atomic mass is 9.87. The molecule has 2 rings (SSSR count). The Bertz CT molecular complexity index is 373. The van der Waals surface area contributed by atoms with Gasteiger partial charge >= 0.3 is 0 Å². The van der Waals surface area contributed by atoms with E-state index in [0.29, 0.717) is 5.56 Å². The molecule has 0 aromatic heterocycles. The molecule has 0 bridgehead atoms. The van der Waals surface area contributed by atoms with E-state index in [1.54, 1.807) is 12.1 Å². The minimum Gasteiger partial charge on any atom is -0.508 e. The van der Waals surface area contributed by atoms with E-state index in [9.17, 15) is 5.11 Å². The second kappa shape index (κ2) is 6.64. The highest BCUT2D eigenvalue weighted by molar-refractivity contribution is 5.51. The Kier molecular flexibility index (Phi) is 4.88. The SMILES string of the molecule is OCc1ccc(NCCC2CCCCC2)cc1O. The Balaban J connectivity index is 1.77. The van der Waals surface area contributed by atoms with Gasteiger partial charge in [0.15, 0.2) is 0 Å². The second-order valence-corrected chi connectivity index (χ2v) is 5.22. The predicted octanol–water partition coefficient (Wildman–Crippen LogP) is 3.27. The highest BCUT2D eigenvalue weighted by Crippen LogP contribution is 2.27.